The molecular weight excluding hydrogens is 244 g/mol. The number of benzene rings is 1. The van der Waals surface area contributed by atoms with Crippen molar-refractivity contribution in [2.45, 2.75) is 6.54 Å². The molecule has 0 unspecified atom stereocenters. The van der Waals surface area contributed by atoms with Crippen LogP contribution in [0.5, 0.6) is 0 Å². The van der Waals surface area contributed by atoms with Crippen molar-refractivity contribution in [3.05, 3.63) is 35.9 Å². The molecule has 0 heterocycles. The van der Waals surface area contributed by atoms with Gasteiger partial charge in [0.05, 0.1) is 0 Å². The topological polar surface area (TPSA) is 26.0 Å². The van der Waals surface area contributed by atoms with E-state index in [1.54, 1.807) is 0 Å². The molecule has 0 saturated carbocycles. The normalized spacial score (nSPS) is 7.18. The van der Waals surface area contributed by atoms with Gasteiger partial charge >= 0.3 is 18.9 Å². The minimum absolute atomic E-state index is 0. The van der Waals surface area contributed by atoms with Crippen LogP contribution in [-0.4, -0.2) is 4.93 Å². The molecule has 1 aromatic rings. The Balaban J connectivity index is -0.000000189. The van der Waals surface area contributed by atoms with Crippen LogP contribution in [0, 0.1) is 0 Å². The van der Waals surface area contributed by atoms with Crippen molar-refractivity contribution >= 4 is 22.6 Å². The average molecular weight is 257 g/mol. The van der Waals surface area contributed by atoms with Crippen LogP contribution in [0.4, 0.5) is 0 Å². The molecule has 0 aliphatic carbocycles. The van der Waals surface area contributed by atoms with Crippen LogP contribution in [0.15, 0.2) is 30.3 Å². The Kier molecular flexibility index (Phi) is 13.4. The minimum atomic E-state index is 0. The van der Waals surface area contributed by atoms with E-state index in [0.717, 1.165) is 0 Å². The summed E-state index contributed by atoms with van der Waals surface area (Å²) in [6.45, 7) is 0.640. The molecule has 58 valence electrons. The van der Waals surface area contributed by atoms with Gasteiger partial charge in [-0.3, -0.25) is 0 Å². The fourth-order valence-corrected chi connectivity index (χ4v) is 0.614. The van der Waals surface area contributed by atoms with Gasteiger partial charge in [0, 0.05) is 6.54 Å². The Hall–Kier alpha value is 0.507. The van der Waals surface area contributed by atoms with Gasteiger partial charge in [-0.15, -0.1) is 0 Å². The third-order valence-electron chi connectivity index (χ3n) is 1.08. The van der Waals surface area contributed by atoms with Crippen molar-refractivity contribution < 1.29 is 20.3 Å². The summed E-state index contributed by atoms with van der Waals surface area (Å²) in [6, 6.07) is 9.99. The molecule has 0 radical (unpaired) electrons. The first kappa shape index (κ1) is 14.1. The van der Waals surface area contributed by atoms with E-state index in [9.17, 15) is 0 Å². The molecule has 0 bridgehead atoms. The molecule has 11 heavy (non-hydrogen) atoms. The van der Waals surface area contributed by atoms with E-state index in [4.69, 9.17) is 5.73 Å². The first-order valence-electron chi connectivity index (χ1n) is 3.05. The van der Waals surface area contributed by atoms with E-state index in [0.29, 0.717) is 6.54 Å². The first-order chi connectivity index (χ1) is 4.93. The van der Waals surface area contributed by atoms with Crippen molar-refractivity contribution in [3.8, 4) is 0 Å². The van der Waals surface area contributed by atoms with E-state index < -0.39 is 0 Å². The van der Waals surface area contributed by atoms with Crippen molar-refractivity contribution in [1.29, 1.82) is 0 Å². The predicted molar refractivity (Wildman–Crippen MR) is 55.4 cm³/mol. The van der Waals surface area contributed by atoms with Gasteiger partial charge < -0.3 is 7.16 Å². The van der Waals surface area contributed by atoms with E-state index in [-0.39, 0.29) is 20.3 Å². The van der Waals surface area contributed by atoms with E-state index in [1.165, 1.54) is 5.56 Å². The standard InChI is InChI=1S/C7H9N.CH3I.Li.H/c8-6-7-4-2-1-3-5-7;1-2;;/h1-5H,6,8H2;1H3;;/q;;+1;-1. The number of hydrogen-bond donors (Lipinski definition) is 1. The summed E-state index contributed by atoms with van der Waals surface area (Å²) in [5, 5.41) is 0. The van der Waals surface area contributed by atoms with Crippen LogP contribution < -0.4 is 24.6 Å². The zero-order valence-corrected chi connectivity index (χ0v) is 9.21. The number of rotatable bonds is 1. The molecule has 0 aromatic heterocycles. The monoisotopic (exact) mass is 257 g/mol. The molecule has 0 saturated heterocycles. The molecule has 1 rings (SSSR count). The van der Waals surface area contributed by atoms with E-state index in [1.807, 2.05) is 35.3 Å². The second-order valence-electron chi connectivity index (χ2n) is 1.69. The molecule has 0 atom stereocenters. The van der Waals surface area contributed by atoms with Gasteiger partial charge in [-0.25, -0.2) is 0 Å². The third-order valence-corrected chi connectivity index (χ3v) is 1.08. The van der Waals surface area contributed by atoms with E-state index in [2.05, 4.69) is 22.6 Å². The van der Waals surface area contributed by atoms with Crippen LogP contribution in [-0.2, 0) is 6.54 Å². The maximum Gasteiger partial charge on any atom is 1.00 e. The number of nitrogens with two attached hydrogens (primary N) is 1. The predicted octanol–water partition coefficient (Wildman–Crippen LogP) is -0.687. The second kappa shape index (κ2) is 10.5. The maximum atomic E-state index is 5.35. The molecule has 1 nitrogen and oxygen atoms in total. The van der Waals surface area contributed by atoms with Gasteiger partial charge in [0.25, 0.3) is 0 Å². The molecule has 0 spiro atoms. The van der Waals surface area contributed by atoms with Gasteiger partial charge in [0.2, 0.25) is 0 Å². The van der Waals surface area contributed by atoms with Gasteiger partial charge in [0.1, 0.15) is 0 Å². The summed E-state index contributed by atoms with van der Waals surface area (Å²) in [7, 11) is 0. The summed E-state index contributed by atoms with van der Waals surface area (Å²) < 4.78 is 0. The SMILES string of the molecule is CI.NCc1ccccc1.[H-].[Li+]. The zero-order valence-electron chi connectivity index (χ0n) is 8.05. The van der Waals surface area contributed by atoms with Crippen molar-refractivity contribution in [2.75, 3.05) is 4.93 Å². The van der Waals surface area contributed by atoms with Crippen molar-refractivity contribution in [1.82, 2.24) is 0 Å². The maximum absolute atomic E-state index is 5.35. The smallest absolute Gasteiger partial charge is 1.00 e. The van der Waals surface area contributed by atoms with Crippen LogP contribution in [0.25, 0.3) is 0 Å². The summed E-state index contributed by atoms with van der Waals surface area (Å²) in [5.41, 5.74) is 6.54. The Morgan fingerprint density at radius 2 is 1.73 bits per heavy atom. The fourth-order valence-electron chi connectivity index (χ4n) is 0.614. The van der Waals surface area contributed by atoms with Crippen LogP contribution in [0.2, 0.25) is 0 Å². The molecule has 1 aromatic carbocycles. The Labute approximate surface area is 95.6 Å². The minimum Gasteiger partial charge on any atom is -1.00 e. The van der Waals surface area contributed by atoms with Gasteiger partial charge in [-0.05, 0) is 10.5 Å². The molecule has 0 fully saturated rings. The fraction of sp³-hybridized carbons (Fsp3) is 0.250. The van der Waals surface area contributed by atoms with Gasteiger partial charge in [-0.2, -0.15) is 0 Å². The van der Waals surface area contributed by atoms with Crippen molar-refractivity contribution in [2.24, 2.45) is 5.73 Å². The van der Waals surface area contributed by atoms with Gasteiger partial charge in [-0.1, -0.05) is 52.9 Å². The summed E-state index contributed by atoms with van der Waals surface area (Å²) >= 11 is 2.15. The average Bonchev–Trinajstić information content (AvgIpc) is 2.10. The quantitative estimate of drug-likeness (QED) is 0.402. The van der Waals surface area contributed by atoms with Crippen LogP contribution in [0.1, 0.15) is 6.99 Å². The molecule has 0 aliphatic rings. The summed E-state index contributed by atoms with van der Waals surface area (Å²) in [4.78, 5) is 1.97. The Morgan fingerprint density at radius 3 is 2.00 bits per heavy atom. The largest absolute Gasteiger partial charge is 1.00 e. The number of halogens is 1. The van der Waals surface area contributed by atoms with E-state index >= 15 is 0 Å². The number of hydrogen-bond acceptors (Lipinski definition) is 1. The Morgan fingerprint density at radius 1 is 1.27 bits per heavy atom. The molecule has 0 aliphatic heterocycles. The third kappa shape index (κ3) is 6.89. The van der Waals surface area contributed by atoms with Gasteiger partial charge in [0.15, 0.2) is 0 Å². The van der Waals surface area contributed by atoms with Crippen LogP contribution in [0.3, 0.4) is 0 Å². The second-order valence-corrected chi connectivity index (χ2v) is 1.69. The molecule has 3 heteroatoms. The summed E-state index contributed by atoms with van der Waals surface area (Å²) in [6.07, 6.45) is 0. The molecular formula is C8H13ILiN. The first-order valence-corrected chi connectivity index (χ1v) is 5.21. The van der Waals surface area contributed by atoms with Crippen LogP contribution >= 0.6 is 22.6 Å². The molecule has 0 amide bonds. The Bertz CT molecular complexity index is 160. The zero-order chi connectivity index (χ0) is 7.82. The molecule has 2 N–H and O–H groups in total. The summed E-state index contributed by atoms with van der Waals surface area (Å²) in [5.74, 6) is 0. The number of alkyl halides is 1. The van der Waals surface area contributed by atoms with Crippen molar-refractivity contribution in [3.63, 3.8) is 0 Å².